The number of piperidine rings is 2. The van der Waals surface area contributed by atoms with Gasteiger partial charge >= 0.3 is 0 Å². The van der Waals surface area contributed by atoms with Gasteiger partial charge in [-0.15, -0.1) is 24.8 Å². The van der Waals surface area contributed by atoms with Gasteiger partial charge in [0.15, 0.2) is 0 Å². The number of fused-ring (bicyclic) bond motifs is 4. The Morgan fingerprint density at radius 1 is 1.15 bits per heavy atom. The molecule has 0 aliphatic carbocycles. The van der Waals surface area contributed by atoms with Crippen molar-refractivity contribution >= 4 is 42.2 Å². The topological polar surface area (TPSA) is 45.5 Å². The lowest BCUT2D eigenvalue weighted by atomic mass is 9.93. The van der Waals surface area contributed by atoms with Crippen LogP contribution in [-0.2, 0) is 6.54 Å². The van der Waals surface area contributed by atoms with Crippen LogP contribution in [0.4, 0.5) is 0 Å². The SMILES string of the molecule is Cl.Cl.Clc1ccc(-c2nc3ncccn3c2CN2CC3CCC2CN3)cc1. The van der Waals surface area contributed by atoms with Gasteiger partial charge in [-0.1, -0.05) is 23.7 Å². The second-order valence-corrected chi connectivity index (χ2v) is 7.41. The van der Waals surface area contributed by atoms with Gasteiger partial charge in [0.2, 0.25) is 5.78 Å². The molecule has 0 amide bonds. The van der Waals surface area contributed by atoms with Crippen molar-refractivity contribution in [1.29, 1.82) is 0 Å². The highest BCUT2D eigenvalue weighted by atomic mass is 35.5. The molecule has 0 radical (unpaired) electrons. The van der Waals surface area contributed by atoms with Crippen molar-refractivity contribution in [2.45, 2.75) is 31.5 Å². The first-order valence-corrected chi connectivity index (χ1v) is 9.21. The number of piperazine rings is 1. The summed E-state index contributed by atoms with van der Waals surface area (Å²) < 4.78 is 2.12. The molecule has 3 aliphatic heterocycles. The number of halogens is 3. The first kappa shape index (κ1) is 20.4. The summed E-state index contributed by atoms with van der Waals surface area (Å²) in [6, 6.07) is 11.1. The van der Waals surface area contributed by atoms with Crippen molar-refractivity contribution in [3.63, 3.8) is 0 Å². The van der Waals surface area contributed by atoms with Crippen LogP contribution in [0.1, 0.15) is 18.5 Å². The number of nitrogens with one attached hydrogen (secondary N) is 1. The molecule has 2 aromatic heterocycles. The van der Waals surface area contributed by atoms with Crippen LogP contribution < -0.4 is 5.32 Å². The van der Waals surface area contributed by atoms with Crippen LogP contribution in [-0.4, -0.2) is 44.4 Å². The minimum atomic E-state index is 0. The summed E-state index contributed by atoms with van der Waals surface area (Å²) in [5.41, 5.74) is 3.30. The summed E-state index contributed by atoms with van der Waals surface area (Å²) in [6.45, 7) is 3.10. The number of rotatable bonds is 3. The fourth-order valence-electron chi connectivity index (χ4n) is 4.11. The van der Waals surface area contributed by atoms with E-state index in [0.29, 0.717) is 12.1 Å². The first-order valence-electron chi connectivity index (χ1n) is 8.83. The molecule has 3 aliphatic rings. The van der Waals surface area contributed by atoms with E-state index in [-0.39, 0.29) is 24.8 Å². The number of aromatic nitrogens is 3. The molecule has 3 saturated heterocycles. The summed E-state index contributed by atoms with van der Waals surface area (Å²) in [5, 5.41) is 4.37. The van der Waals surface area contributed by atoms with Crippen molar-refractivity contribution in [2.24, 2.45) is 0 Å². The standard InChI is InChI=1S/C19H20ClN5.2ClH/c20-14-4-2-13(3-5-14)18-17(25-9-1-8-21-19(25)23-18)12-24-11-15-6-7-16(24)10-22-15;;/h1-5,8-9,15-16,22H,6-7,10-12H2;2*1H. The van der Waals surface area contributed by atoms with Crippen molar-refractivity contribution in [3.05, 3.63) is 53.4 Å². The summed E-state index contributed by atoms with van der Waals surface area (Å²) in [5.74, 6) is 0.753. The van der Waals surface area contributed by atoms with E-state index in [0.717, 1.165) is 41.7 Å². The molecule has 5 heterocycles. The minimum absolute atomic E-state index is 0. The van der Waals surface area contributed by atoms with Gasteiger partial charge < -0.3 is 5.32 Å². The Hall–Kier alpha value is -1.37. The first-order chi connectivity index (χ1) is 12.3. The molecule has 3 fully saturated rings. The zero-order chi connectivity index (χ0) is 16.8. The third-order valence-corrected chi connectivity index (χ3v) is 5.69. The van der Waals surface area contributed by atoms with Crippen LogP contribution in [0.15, 0.2) is 42.7 Å². The minimum Gasteiger partial charge on any atom is -0.311 e. The van der Waals surface area contributed by atoms with E-state index >= 15 is 0 Å². The highest BCUT2D eigenvalue weighted by molar-refractivity contribution is 6.30. The summed E-state index contributed by atoms with van der Waals surface area (Å²) in [6.07, 6.45) is 6.43. The fraction of sp³-hybridized carbons (Fsp3) is 0.368. The van der Waals surface area contributed by atoms with E-state index in [4.69, 9.17) is 16.6 Å². The smallest absolute Gasteiger partial charge is 0.234 e. The molecule has 2 unspecified atom stereocenters. The Kier molecular flexibility index (Phi) is 6.28. The second kappa shape index (κ2) is 8.33. The largest absolute Gasteiger partial charge is 0.311 e. The Bertz CT molecular complexity index is 903. The maximum atomic E-state index is 6.06. The molecule has 2 bridgehead atoms. The molecule has 0 spiro atoms. The average Bonchev–Trinajstić information content (AvgIpc) is 3.02. The molecule has 1 aromatic carbocycles. The number of hydrogen-bond acceptors (Lipinski definition) is 4. The van der Waals surface area contributed by atoms with Crippen LogP contribution in [0.3, 0.4) is 0 Å². The van der Waals surface area contributed by atoms with Crippen LogP contribution in [0, 0.1) is 0 Å². The van der Waals surface area contributed by atoms with Crippen molar-refractivity contribution in [2.75, 3.05) is 13.1 Å². The predicted octanol–water partition coefficient (Wildman–Crippen LogP) is 3.83. The Morgan fingerprint density at radius 3 is 2.63 bits per heavy atom. The molecule has 5 nitrogen and oxygen atoms in total. The number of imidazole rings is 1. The molecule has 8 heteroatoms. The highest BCUT2D eigenvalue weighted by Crippen LogP contribution is 2.29. The van der Waals surface area contributed by atoms with Gasteiger partial charge in [-0.3, -0.25) is 9.30 Å². The van der Waals surface area contributed by atoms with Gasteiger partial charge in [-0.2, -0.15) is 0 Å². The van der Waals surface area contributed by atoms with Crippen molar-refractivity contribution in [1.82, 2.24) is 24.6 Å². The van der Waals surface area contributed by atoms with Crippen molar-refractivity contribution in [3.8, 4) is 11.3 Å². The molecular formula is C19H22Cl3N5. The quantitative estimate of drug-likeness (QED) is 0.691. The summed E-state index contributed by atoms with van der Waals surface area (Å²) in [7, 11) is 0. The lowest BCUT2D eigenvalue weighted by molar-refractivity contribution is 0.0674. The zero-order valence-electron chi connectivity index (χ0n) is 14.7. The highest BCUT2D eigenvalue weighted by Gasteiger charge is 2.34. The molecule has 27 heavy (non-hydrogen) atoms. The number of benzene rings is 1. The summed E-state index contributed by atoms with van der Waals surface area (Å²) in [4.78, 5) is 11.8. The van der Waals surface area contributed by atoms with Crippen LogP contribution >= 0.6 is 36.4 Å². The molecule has 2 atom stereocenters. The normalized spacial score (nSPS) is 21.7. The number of hydrogen-bond donors (Lipinski definition) is 1. The van der Waals surface area contributed by atoms with Crippen molar-refractivity contribution < 1.29 is 0 Å². The maximum Gasteiger partial charge on any atom is 0.234 e. The van der Waals surface area contributed by atoms with Gasteiger partial charge in [0.25, 0.3) is 0 Å². The summed E-state index contributed by atoms with van der Waals surface area (Å²) >= 11 is 6.06. The van der Waals surface area contributed by atoms with E-state index in [1.54, 1.807) is 6.20 Å². The monoisotopic (exact) mass is 425 g/mol. The number of nitrogens with zero attached hydrogens (tertiary/aromatic N) is 4. The molecule has 0 saturated carbocycles. The van der Waals surface area contributed by atoms with Gasteiger partial charge in [0, 0.05) is 54.7 Å². The van der Waals surface area contributed by atoms with Gasteiger partial charge in [0.1, 0.15) is 0 Å². The van der Waals surface area contributed by atoms with Crippen LogP contribution in [0.2, 0.25) is 5.02 Å². The van der Waals surface area contributed by atoms with Gasteiger partial charge in [-0.25, -0.2) is 9.97 Å². The van der Waals surface area contributed by atoms with E-state index in [9.17, 15) is 0 Å². The molecule has 144 valence electrons. The molecular weight excluding hydrogens is 405 g/mol. The van der Waals surface area contributed by atoms with Crippen LogP contribution in [0.5, 0.6) is 0 Å². The van der Waals surface area contributed by atoms with E-state index in [1.165, 1.54) is 18.5 Å². The maximum absolute atomic E-state index is 6.06. The van der Waals surface area contributed by atoms with E-state index < -0.39 is 0 Å². The molecule has 3 aromatic rings. The Morgan fingerprint density at radius 2 is 1.96 bits per heavy atom. The van der Waals surface area contributed by atoms with E-state index in [1.807, 2.05) is 30.3 Å². The van der Waals surface area contributed by atoms with Gasteiger partial charge in [-0.05, 0) is 31.0 Å². The average molecular weight is 427 g/mol. The zero-order valence-corrected chi connectivity index (χ0v) is 17.1. The third-order valence-electron chi connectivity index (χ3n) is 5.43. The molecule has 6 rings (SSSR count). The fourth-order valence-corrected chi connectivity index (χ4v) is 4.24. The van der Waals surface area contributed by atoms with Gasteiger partial charge in [0.05, 0.1) is 11.4 Å². The molecule has 1 N–H and O–H groups in total. The third kappa shape index (κ3) is 3.80. The Labute approximate surface area is 176 Å². The predicted molar refractivity (Wildman–Crippen MR) is 113 cm³/mol. The lowest BCUT2D eigenvalue weighted by Gasteiger charge is -2.46. The van der Waals surface area contributed by atoms with E-state index in [2.05, 4.69) is 25.8 Å². The lowest BCUT2D eigenvalue weighted by Crippen LogP contribution is -2.60. The Balaban J connectivity index is 0.00000105. The van der Waals surface area contributed by atoms with Crippen LogP contribution in [0.25, 0.3) is 17.0 Å². The second-order valence-electron chi connectivity index (χ2n) is 6.97.